The first kappa shape index (κ1) is 12.6. The molecule has 0 spiro atoms. The average Bonchev–Trinajstić information content (AvgIpc) is 2.02. The Morgan fingerprint density at radius 1 is 1.46 bits per heavy atom. The zero-order valence-electron chi connectivity index (χ0n) is 7.12. The zero-order chi connectivity index (χ0) is 10.3. The van der Waals surface area contributed by atoms with Crippen molar-refractivity contribution in [3.05, 3.63) is 0 Å². The summed E-state index contributed by atoms with van der Waals surface area (Å²) in [6.45, 7) is 0.577. The van der Waals surface area contributed by atoms with Gasteiger partial charge >= 0.3 is 5.97 Å². The van der Waals surface area contributed by atoms with Gasteiger partial charge in [0.15, 0.2) is 0 Å². The molecule has 0 saturated carbocycles. The first-order valence-electron chi connectivity index (χ1n) is 3.95. The second-order valence-corrected chi connectivity index (χ2v) is 3.62. The molecule has 76 valence electrons. The Kier molecular flexibility index (Phi) is 6.87. The summed E-state index contributed by atoms with van der Waals surface area (Å²) in [6, 6.07) is -0.782. The number of carbonyl (C=O) groups excluding carboxylic acids is 1. The summed E-state index contributed by atoms with van der Waals surface area (Å²) < 4.78 is -0.0971. The van der Waals surface area contributed by atoms with Gasteiger partial charge in [0.25, 0.3) is 3.91 Å². The number of nitrogens with two attached hydrogens (primary N) is 1. The number of hydrogen-bond donors (Lipinski definition) is 3. The van der Waals surface area contributed by atoms with Gasteiger partial charge in [-0.05, 0) is 19.3 Å². The van der Waals surface area contributed by atoms with Crippen LogP contribution >= 0.6 is 22.6 Å². The predicted octanol–water partition coefficient (Wildman–Crippen LogP) is 0.713. The highest BCUT2D eigenvalue weighted by Crippen LogP contribution is 1.98. The molecule has 0 saturated heterocycles. The molecule has 1 atom stereocenters. The molecule has 0 heterocycles. The van der Waals surface area contributed by atoms with Crippen molar-refractivity contribution in [2.45, 2.75) is 25.3 Å². The molecular weight excluding hydrogens is 287 g/mol. The predicted molar refractivity (Wildman–Crippen MR) is 56.9 cm³/mol. The minimum Gasteiger partial charge on any atom is -0.480 e. The van der Waals surface area contributed by atoms with Crippen molar-refractivity contribution in [1.82, 2.24) is 5.32 Å². The molecule has 0 radical (unpaired) electrons. The number of unbranched alkanes of at least 4 members (excludes halogenated alkanes) is 1. The SMILES string of the molecule is N[C@@H](CCCCNC(=O)I)C(=O)O. The number of carboxylic acid groups (broad SMARTS) is 1. The molecule has 0 fully saturated rings. The van der Waals surface area contributed by atoms with Crippen LogP contribution in [0.3, 0.4) is 0 Å². The number of carboxylic acids is 1. The third-order valence-corrected chi connectivity index (χ3v) is 1.90. The molecular formula is C7H13IN2O3. The summed E-state index contributed by atoms with van der Waals surface area (Å²) in [5.74, 6) is -0.974. The van der Waals surface area contributed by atoms with Crippen LogP contribution in [0.5, 0.6) is 0 Å². The summed E-state index contributed by atoms with van der Waals surface area (Å²) in [5, 5.41) is 11.0. The van der Waals surface area contributed by atoms with Crippen LogP contribution in [0.2, 0.25) is 0 Å². The molecule has 1 amide bonds. The lowest BCUT2D eigenvalue weighted by molar-refractivity contribution is -0.138. The van der Waals surface area contributed by atoms with Crippen LogP contribution in [-0.2, 0) is 4.79 Å². The fourth-order valence-electron chi connectivity index (χ4n) is 0.799. The van der Waals surface area contributed by atoms with Gasteiger partial charge in [0.1, 0.15) is 6.04 Å². The highest BCUT2D eigenvalue weighted by molar-refractivity contribution is 14.1. The van der Waals surface area contributed by atoms with E-state index in [1.807, 2.05) is 0 Å². The van der Waals surface area contributed by atoms with E-state index in [0.29, 0.717) is 19.4 Å². The van der Waals surface area contributed by atoms with Crippen LogP contribution in [0.4, 0.5) is 4.79 Å². The standard InChI is InChI=1S/C7H13IN2O3/c8-7(13)10-4-2-1-3-5(9)6(11)12/h5H,1-4,9H2,(H,10,13)(H,11,12)/t5-/m0/s1. The van der Waals surface area contributed by atoms with Crippen molar-refractivity contribution in [2.75, 3.05) is 6.54 Å². The van der Waals surface area contributed by atoms with Gasteiger partial charge in [0.05, 0.1) is 0 Å². The van der Waals surface area contributed by atoms with Crippen molar-refractivity contribution in [3.63, 3.8) is 0 Å². The Labute approximate surface area is 90.2 Å². The van der Waals surface area contributed by atoms with Crippen LogP contribution in [0.25, 0.3) is 0 Å². The van der Waals surface area contributed by atoms with E-state index in [1.54, 1.807) is 22.6 Å². The minimum absolute atomic E-state index is 0.0971. The number of hydrogen-bond acceptors (Lipinski definition) is 3. The summed E-state index contributed by atoms with van der Waals surface area (Å²) >= 11 is 1.65. The van der Waals surface area contributed by atoms with Crippen LogP contribution in [0.15, 0.2) is 0 Å². The average molecular weight is 300 g/mol. The number of halogens is 1. The van der Waals surface area contributed by atoms with Gasteiger partial charge in [0.2, 0.25) is 0 Å². The molecule has 0 aromatic rings. The number of amides is 1. The number of nitrogens with one attached hydrogen (secondary N) is 1. The van der Waals surface area contributed by atoms with Gasteiger partial charge in [-0.3, -0.25) is 9.59 Å². The summed E-state index contributed by atoms with van der Waals surface area (Å²) in [6.07, 6.45) is 1.92. The molecule has 0 aliphatic heterocycles. The fourth-order valence-corrected chi connectivity index (χ4v) is 1.07. The third-order valence-electron chi connectivity index (χ3n) is 1.52. The van der Waals surface area contributed by atoms with E-state index in [2.05, 4.69) is 5.32 Å². The third kappa shape index (κ3) is 7.97. The lowest BCUT2D eigenvalue weighted by Crippen LogP contribution is -2.30. The molecule has 4 N–H and O–H groups in total. The minimum atomic E-state index is -0.974. The van der Waals surface area contributed by atoms with Gasteiger partial charge in [-0.15, -0.1) is 0 Å². The maximum absolute atomic E-state index is 10.4. The molecule has 5 nitrogen and oxygen atoms in total. The van der Waals surface area contributed by atoms with Crippen LogP contribution < -0.4 is 11.1 Å². The normalized spacial score (nSPS) is 12.2. The van der Waals surface area contributed by atoms with Gasteiger partial charge in [-0.1, -0.05) is 0 Å². The summed E-state index contributed by atoms with van der Waals surface area (Å²) in [7, 11) is 0. The largest absolute Gasteiger partial charge is 0.480 e. The maximum Gasteiger partial charge on any atom is 0.320 e. The second kappa shape index (κ2) is 7.07. The molecule has 0 rings (SSSR count). The van der Waals surface area contributed by atoms with Gasteiger partial charge in [-0.25, -0.2) is 0 Å². The molecule has 0 unspecified atom stereocenters. The molecule has 0 bridgehead atoms. The molecule has 0 aliphatic carbocycles. The maximum atomic E-state index is 10.4. The Morgan fingerprint density at radius 2 is 2.08 bits per heavy atom. The highest BCUT2D eigenvalue weighted by Gasteiger charge is 2.09. The number of carbonyl (C=O) groups is 2. The monoisotopic (exact) mass is 300 g/mol. The lowest BCUT2D eigenvalue weighted by Gasteiger charge is -2.05. The zero-order valence-corrected chi connectivity index (χ0v) is 9.28. The quantitative estimate of drug-likeness (QED) is 0.291. The summed E-state index contributed by atoms with van der Waals surface area (Å²) in [4.78, 5) is 20.7. The highest BCUT2D eigenvalue weighted by atomic mass is 127. The molecule has 6 heteroatoms. The second-order valence-electron chi connectivity index (χ2n) is 2.64. The van der Waals surface area contributed by atoms with E-state index in [0.717, 1.165) is 6.42 Å². The lowest BCUT2D eigenvalue weighted by atomic mass is 10.1. The van der Waals surface area contributed by atoms with E-state index in [1.165, 1.54) is 0 Å². The molecule has 0 aromatic heterocycles. The fraction of sp³-hybridized carbons (Fsp3) is 0.714. The Hall–Kier alpha value is -0.370. The van der Waals surface area contributed by atoms with Crippen LogP contribution in [0.1, 0.15) is 19.3 Å². The molecule has 0 aliphatic rings. The number of rotatable bonds is 6. The van der Waals surface area contributed by atoms with Crippen molar-refractivity contribution in [3.8, 4) is 0 Å². The van der Waals surface area contributed by atoms with Gasteiger partial charge < -0.3 is 16.2 Å². The molecule has 0 aromatic carbocycles. The van der Waals surface area contributed by atoms with E-state index in [-0.39, 0.29) is 3.91 Å². The summed E-state index contributed by atoms with van der Waals surface area (Å²) in [5.41, 5.74) is 5.27. The Morgan fingerprint density at radius 3 is 2.54 bits per heavy atom. The van der Waals surface area contributed by atoms with Gasteiger partial charge in [0, 0.05) is 29.1 Å². The van der Waals surface area contributed by atoms with Crippen molar-refractivity contribution < 1.29 is 14.7 Å². The Bertz CT molecular complexity index is 187. The van der Waals surface area contributed by atoms with Crippen molar-refractivity contribution in [2.24, 2.45) is 5.73 Å². The van der Waals surface area contributed by atoms with Crippen molar-refractivity contribution >= 4 is 32.5 Å². The topological polar surface area (TPSA) is 92.4 Å². The van der Waals surface area contributed by atoms with Gasteiger partial charge in [-0.2, -0.15) is 0 Å². The Balaban J connectivity index is 3.26. The van der Waals surface area contributed by atoms with E-state index < -0.39 is 12.0 Å². The van der Waals surface area contributed by atoms with Crippen LogP contribution in [0, 0.1) is 0 Å². The van der Waals surface area contributed by atoms with E-state index in [4.69, 9.17) is 10.8 Å². The van der Waals surface area contributed by atoms with Crippen molar-refractivity contribution in [1.29, 1.82) is 0 Å². The first-order chi connectivity index (χ1) is 6.04. The van der Waals surface area contributed by atoms with Crippen LogP contribution in [-0.4, -0.2) is 27.6 Å². The van der Waals surface area contributed by atoms with E-state index in [9.17, 15) is 9.59 Å². The van der Waals surface area contributed by atoms with E-state index >= 15 is 0 Å². The first-order valence-corrected chi connectivity index (χ1v) is 5.03. The molecule has 13 heavy (non-hydrogen) atoms. The smallest absolute Gasteiger partial charge is 0.320 e. The number of aliphatic carboxylic acids is 1.